The molecule has 0 fully saturated rings. The van der Waals surface area contributed by atoms with E-state index < -0.39 is 0 Å². The lowest BCUT2D eigenvalue weighted by Gasteiger charge is -2.26. The van der Waals surface area contributed by atoms with Crippen molar-refractivity contribution < 1.29 is 5.11 Å². The Morgan fingerprint density at radius 1 is 0.630 bits per heavy atom. The smallest absolute Gasteiger partial charge is 0.115 e. The zero-order valence-electron chi connectivity index (χ0n) is 15.8. The molecule has 0 atom stereocenters. The van der Waals surface area contributed by atoms with Crippen molar-refractivity contribution in [3.05, 3.63) is 108 Å². The molecule has 0 aromatic heterocycles. The molecule has 0 aliphatic heterocycles. The largest absolute Gasteiger partial charge is 0.508 e. The molecule has 0 saturated heterocycles. The summed E-state index contributed by atoms with van der Waals surface area (Å²) in [6.45, 7) is 4.38. The maximum Gasteiger partial charge on any atom is 0.115 e. The van der Waals surface area contributed by atoms with Crippen molar-refractivity contribution in [3.8, 4) is 5.75 Å². The summed E-state index contributed by atoms with van der Waals surface area (Å²) in [5.41, 5.74) is 9.06. The normalized spacial score (nSPS) is 10.9. The summed E-state index contributed by atoms with van der Waals surface area (Å²) >= 11 is 0. The third-order valence-corrected chi connectivity index (χ3v) is 4.91. The number of phenols is 1. The zero-order valence-corrected chi connectivity index (χ0v) is 15.8. The number of aromatic hydroxyl groups is 1. The summed E-state index contributed by atoms with van der Waals surface area (Å²) in [6, 6.07) is 31.9. The Hall–Kier alpha value is -3.26. The van der Waals surface area contributed by atoms with Crippen LogP contribution in [-0.4, -0.2) is 5.11 Å². The molecule has 2 nitrogen and oxygen atoms in total. The average Bonchev–Trinajstić information content (AvgIpc) is 2.70. The van der Waals surface area contributed by atoms with E-state index in [4.69, 9.17) is 5.73 Å². The lowest BCUT2D eigenvalue weighted by molar-refractivity contribution is 0.474. The highest BCUT2D eigenvalue weighted by Gasteiger charge is 2.22. The molecular weight excluding hydrogens is 330 g/mol. The van der Waals surface area contributed by atoms with Crippen LogP contribution in [0.25, 0.3) is 10.8 Å². The van der Waals surface area contributed by atoms with Crippen molar-refractivity contribution in [2.75, 3.05) is 5.73 Å². The number of hydrogen-bond acceptors (Lipinski definition) is 2. The van der Waals surface area contributed by atoms with E-state index in [1.54, 1.807) is 12.1 Å². The van der Waals surface area contributed by atoms with E-state index in [2.05, 4.69) is 50.2 Å². The molecule has 0 amide bonds. The Morgan fingerprint density at radius 3 is 1.85 bits per heavy atom. The Bertz CT molecular complexity index is 1000. The molecule has 2 heteroatoms. The molecule has 0 aliphatic carbocycles. The van der Waals surface area contributed by atoms with Gasteiger partial charge in [0, 0.05) is 16.5 Å². The fourth-order valence-electron chi connectivity index (χ4n) is 3.15. The third kappa shape index (κ3) is 4.29. The second-order valence-corrected chi connectivity index (χ2v) is 7.11. The van der Waals surface area contributed by atoms with Crippen LogP contribution in [0, 0.1) is 0 Å². The van der Waals surface area contributed by atoms with Crippen LogP contribution in [0.3, 0.4) is 0 Å². The number of rotatable bonds is 2. The highest BCUT2D eigenvalue weighted by Crippen LogP contribution is 2.31. The van der Waals surface area contributed by atoms with E-state index in [9.17, 15) is 5.11 Å². The fraction of sp³-hybridized carbons (Fsp3) is 0.120. The van der Waals surface area contributed by atoms with Gasteiger partial charge in [0.05, 0.1) is 0 Å². The SMILES string of the molecule is CC(C)(c1ccccc1)c1ccc(O)cc1.Nc1cccc2ccccc12. The highest BCUT2D eigenvalue weighted by atomic mass is 16.3. The van der Waals surface area contributed by atoms with E-state index in [1.807, 2.05) is 48.5 Å². The van der Waals surface area contributed by atoms with Gasteiger partial charge < -0.3 is 10.8 Å². The summed E-state index contributed by atoms with van der Waals surface area (Å²) in [5.74, 6) is 0.313. The molecule has 136 valence electrons. The second-order valence-electron chi connectivity index (χ2n) is 7.11. The van der Waals surface area contributed by atoms with Crippen LogP contribution in [0.4, 0.5) is 5.69 Å². The van der Waals surface area contributed by atoms with Crippen molar-refractivity contribution in [3.63, 3.8) is 0 Å². The summed E-state index contributed by atoms with van der Waals surface area (Å²) < 4.78 is 0. The van der Waals surface area contributed by atoms with Crippen molar-refractivity contribution in [2.45, 2.75) is 19.3 Å². The molecule has 0 aliphatic rings. The van der Waals surface area contributed by atoms with Gasteiger partial charge in [0.1, 0.15) is 5.75 Å². The molecule has 0 radical (unpaired) electrons. The summed E-state index contributed by atoms with van der Waals surface area (Å²) in [7, 11) is 0. The summed E-state index contributed by atoms with van der Waals surface area (Å²) in [4.78, 5) is 0. The van der Waals surface area contributed by atoms with Gasteiger partial charge in [-0.1, -0.05) is 92.7 Å². The Kier molecular flexibility index (Phi) is 5.46. The van der Waals surface area contributed by atoms with Crippen molar-refractivity contribution in [2.24, 2.45) is 0 Å². The number of anilines is 1. The maximum absolute atomic E-state index is 9.29. The van der Waals surface area contributed by atoms with Crippen LogP contribution >= 0.6 is 0 Å². The molecule has 4 rings (SSSR count). The van der Waals surface area contributed by atoms with E-state index in [1.165, 1.54) is 16.5 Å². The van der Waals surface area contributed by atoms with Gasteiger partial charge in [-0.05, 0) is 34.7 Å². The number of phenolic OH excluding ortho intramolecular Hbond substituents is 1. The Balaban J connectivity index is 0.000000166. The number of hydrogen-bond donors (Lipinski definition) is 2. The van der Waals surface area contributed by atoms with Crippen LogP contribution in [0.15, 0.2) is 97.1 Å². The first-order valence-electron chi connectivity index (χ1n) is 9.07. The molecule has 4 aromatic carbocycles. The maximum atomic E-state index is 9.29. The molecule has 0 unspecified atom stereocenters. The predicted octanol–water partition coefficient (Wildman–Crippen LogP) is 6.14. The highest BCUT2D eigenvalue weighted by molar-refractivity contribution is 5.92. The minimum Gasteiger partial charge on any atom is -0.508 e. The van der Waals surface area contributed by atoms with Gasteiger partial charge in [0.25, 0.3) is 0 Å². The number of nitrogens with two attached hydrogens (primary N) is 1. The monoisotopic (exact) mass is 355 g/mol. The van der Waals surface area contributed by atoms with Crippen molar-refractivity contribution in [1.29, 1.82) is 0 Å². The lowest BCUT2D eigenvalue weighted by atomic mass is 9.78. The van der Waals surface area contributed by atoms with Crippen LogP contribution in [0.5, 0.6) is 5.75 Å². The second kappa shape index (κ2) is 7.96. The summed E-state index contributed by atoms with van der Waals surface area (Å²) in [6.07, 6.45) is 0. The standard InChI is InChI=1S/C15H16O.C10H9N/c1-15(2,12-6-4-3-5-7-12)13-8-10-14(16)11-9-13;11-10-7-3-5-8-4-1-2-6-9(8)10/h3-11,16H,1-2H3;1-7H,11H2. The van der Waals surface area contributed by atoms with Gasteiger partial charge in [-0.25, -0.2) is 0 Å². The Morgan fingerprint density at radius 2 is 1.19 bits per heavy atom. The molecule has 3 N–H and O–H groups in total. The molecule has 0 bridgehead atoms. The van der Waals surface area contributed by atoms with Crippen molar-refractivity contribution >= 4 is 16.5 Å². The van der Waals surface area contributed by atoms with E-state index in [-0.39, 0.29) is 5.41 Å². The number of fused-ring (bicyclic) bond motifs is 1. The molecule has 0 heterocycles. The molecule has 0 spiro atoms. The zero-order chi connectivity index (χ0) is 19.3. The first-order valence-corrected chi connectivity index (χ1v) is 9.07. The molecular formula is C25H25NO. The Labute approximate surface area is 160 Å². The van der Waals surface area contributed by atoms with Crippen LogP contribution < -0.4 is 5.73 Å². The predicted molar refractivity (Wildman–Crippen MR) is 115 cm³/mol. The quantitative estimate of drug-likeness (QED) is 0.424. The van der Waals surface area contributed by atoms with Gasteiger partial charge in [-0.15, -0.1) is 0 Å². The molecule has 27 heavy (non-hydrogen) atoms. The topological polar surface area (TPSA) is 46.2 Å². The minimum absolute atomic E-state index is 0.0328. The van der Waals surface area contributed by atoms with Gasteiger partial charge in [-0.2, -0.15) is 0 Å². The van der Waals surface area contributed by atoms with E-state index in [0.717, 1.165) is 11.1 Å². The van der Waals surface area contributed by atoms with Gasteiger partial charge in [-0.3, -0.25) is 0 Å². The number of benzene rings is 4. The summed E-state index contributed by atoms with van der Waals surface area (Å²) in [5, 5.41) is 11.6. The minimum atomic E-state index is -0.0328. The molecule has 4 aromatic rings. The molecule has 0 saturated carbocycles. The van der Waals surface area contributed by atoms with Crippen LogP contribution in [-0.2, 0) is 5.41 Å². The van der Waals surface area contributed by atoms with Gasteiger partial charge in [0.2, 0.25) is 0 Å². The van der Waals surface area contributed by atoms with E-state index in [0.29, 0.717) is 5.75 Å². The lowest BCUT2D eigenvalue weighted by Crippen LogP contribution is -2.18. The number of nitrogen functional groups attached to an aromatic ring is 1. The van der Waals surface area contributed by atoms with Crippen molar-refractivity contribution in [1.82, 2.24) is 0 Å². The van der Waals surface area contributed by atoms with Crippen LogP contribution in [0.1, 0.15) is 25.0 Å². The van der Waals surface area contributed by atoms with E-state index >= 15 is 0 Å². The first kappa shape index (κ1) is 18.5. The average molecular weight is 355 g/mol. The van der Waals surface area contributed by atoms with Crippen LogP contribution in [0.2, 0.25) is 0 Å². The van der Waals surface area contributed by atoms with Gasteiger partial charge >= 0.3 is 0 Å². The third-order valence-electron chi connectivity index (χ3n) is 4.91. The van der Waals surface area contributed by atoms with Gasteiger partial charge in [0.15, 0.2) is 0 Å². The fourth-order valence-corrected chi connectivity index (χ4v) is 3.15. The first-order chi connectivity index (χ1) is 13.0.